The highest BCUT2D eigenvalue weighted by Gasteiger charge is 2.14. The zero-order valence-corrected chi connectivity index (χ0v) is 14.0. The van der Waals surface area contributed by atoms with Gasteiger partial charge in [0, 0.05) is 11.7 Å². The average Bonchev–Trinajstić information content (AvgIpc) is 2.45. The van der Waals surface area contributed by atoms with E-state index in [1.54, 1.807) is 0 Å². The Balaban J connectivity index is 1.73. The highest BCUT2D eigenvalue weighted by atomic mass is 32.1. The lowest BCUT2D eigenvalue weighted by atomic mass is 9.96. The Kier molecular flexibility index (Phi) is 6.00. The fourth-order valence-electron chi connectivity index (χ4n) is 2.79. The highest BCUT2D eigenvalue weighted by Crippen LogP contribution is 2.17. The molecule has 1 aromatic carbocycles. The second-order valence-electron chi connectivity index (χ2n) is 5.89. The van der Waals surface area contributed by atoms with Crippen LogP contribution in [0, 0.1) is 13.8 Å². The number of urea groups is 1. The first-order valence-corrected chi connectivity index (χ1v) is 8.15. The maximum Gasteiger partial charge on any atom is 0.337 e. The van der Waals surface area contributed by atoms with Crippen LogP contribution in [0.1, 0.15) is 43.2 Å². The van der Waals surface area contributed by atoms with Crippen LogP contribution in [-0.4, -0.2) is 17.2 Å². The molecule has 1 aliphatic carbocycles. The first-order valence-electron chi connectivity index (χ1n) is 7.75. The average molecular weight is 320 g/mol. The highest BCUT2D eigenvalue weighted by molar-refractivity contribution is 7.80. The minimum atomic E-state index is -0.335. The minimum Gasteiger partial charge on any atom is -0.359 e. The summed E-state index contributed by atoms with van der Waals surface area (Å²) >= 11 is 5.19. The summed E-state index contributed by atoms with van der Waals surface area (Å²) in [4.78, 5) is 11.9. The second kappa shape index (κ2) is 7.98. The second-order valence-corrected chi connectivity index (χ2v) is 6.30. The van der Waals surface area contributed by atoms with Gasteiger partial charge in [-0.05, 0) is 62.2 Å². The largest absolute Gasteiger partial charge is 0.359 e. The molecule has 0 unspecified atom stereocenters. The minimum absolute atomic E-state index is 0.335. The van der Waals surface area contributed by atoms with Crippen molar-refractivity contribution in [2.24, 2.45) is 0 Å². The molecule has 0 saturated heterocycles. The summed E-state index contributed by atoms with van der Waals surface area (Å²) in [5.41, 5.74) is 8.28. The van der Waals surface area contributed by atoms with Gasteiger partial charge in [-0.3, -0.25) is 5.43 Å². The zero-order valence-electron chi connectivity index (χ0n) is 13.2. The topological polar surface area (TPSA) is 65.2 Å². The van der Waals surface area contributed by atoms with Gasteiger partial charge in [-0.15, -0.1) is 0 Å². The Morgan fingerprint density at radius 3 is 2.32 bits per heavy atom. The number of hydrogen-bond acceptors (Lipinski definition) is 2. The molecule has 1 fully saturated rings. The summed E-state index contributed by atoms with van der Waals surface area (Å²) in [7, 11) is 0. The van der Waals surface area contributed by atoms with Crippen LogP contribution in [0.15, 0.2) is 18.2 Å². The SMILES string of the molecule is Cc1cc(C)cc(NC(=O)NNC(=S)NC2CCCCC2)c1. The Morgan fingerprint density at radius 1 is 1.05 bits per heavy atom. The number of carbonyl (C=O) groups is 1. The normalized spacial score (nSPS) is 15.0. The predicted molar refractivity (Wildman–Crippen MR) is 93.8 cm³/mol. The van der Waals surface area contributed by atoms with Crippen molar-refractivity contribution < 1.29 is 4.79 Å². The van der Waals surface area contributed by atoms with Gasteiger partial charge in [0.2, 0.25) is 0 Å². The predicted octanol–water partition coefficient (Wildman–Crippen LogP) is 3.14. The molecule has 22 heavy (non-hydrogen) atoms. The number of benzene rings is 1. The van der Waals surface area contributed by atoms with Crippen LogP contribution in [0.5, 0.6) is 0 Å². The molecule has 5 nitrogen and oxygen atoms in total. The van der Waals surface area contributed by atoms with E-state index >= 15 is 0 Å². The van der Waals surface area contributed by atoms with E-state index in [0.29, 0.717) is 11.2 Å². The van der Waals surface area contributed by atoms with Crippen molar-refractivity contribution in [3.8, 4) is 0 Å². The lowest BCUT2D eigenvalue weighted by Crippen LogP contribution is -2.51. The number of nitrogens with one attached hydrogen (secondary N) is 4. The van der Waals surface area contributed by atoms with Gasteiger partial charge in [0.15, 0.2) is 5.11 Å². The van der Waals surface area contributed by atoms with Gasteiger partial charge in [0.05, 0.1) is 0 Å². The monoisotopic (exact) mass is 320 g/mol. The Hall–Kier alpha value is -1.82. The van der Waals surface area contributed by atoms with Gasteiger partial charge in [-0.2, -0.15) is 0 Å². The van der Waals surface area contributed by atoms with Crippen molar-refractivity contribution in [1.82, 2.24) is 16.2 Å². The molecule has 1 aromatic rings. The van der Waals surface area contributed by atoms with E-state index in [1.807, 2.05) is 26.0 Å². The van der Waals surface area contributed by atoms with Gasteiger partial charge in [-0.25, -0.2) is 10.2 Å². The number of anilines is 1. The van der Waals surface area contributed by atoms with Gasteiger partial charge in [0.1, 0.15) is 0 Å². The van der Waals surface area contributed by atoms with Gasteiger partial charge < -0.3 is 10.6 Å². The molecule has 0 aliphatic heterocycles. The summed E-state index contributed by atoms with van der Waals surface area (Å²) in [5.74, 6) is 0. The third kappa shape index (κ3) is 5.52. The molecule has 0 spiro atoms. The van der Waals surface area contributed by atoms with Crippen LogP contribution in [-0.2, 0) is 0 Å². The van der Waals surface area contributed by atoms with Crippen molar-refractivity contribution >= 4 is 29.0 Å². The molecule has 1 aliphatic rings. The van der Waals surface area contributed by atoms with Crippen molar-refractivity contribution in [2.75, 3.05) is 5.32 Å². The van der Waals surface area contributed by atoms with E-state index in [2.05, 4.69) is 27.6 Å². The van der Waals surface area contributed by atoms with Crippen molar-refractivity contribution in [3.63, 3.8) is 0 Å². The molecule has 4 N–H and O–H groups in total. The lowest BCUT2D eigenvalue weighted by molar-refractivity contribution is 0.250. The summed E-state index contributed by atoms with van der Waals surface area (Å²) in [5, 5.41) is 6.48. The molecular formula is C16H24N4OS. The molecule has 1 saturated carbocycles. The number of hydrogen-bond donors (Lipinski definition) is 4. The first kappa shape index (κ1) is 16.5. The van der Waals surface area contributed by atoms with Crippen molar-refractivity contribution in [2.45, 2.75) is 52.0 Å². The summed E-state index contributed by atoms with van der Waals surface area (Å²) < 4.78 is 0. The molecule has 0 heterocycles. The summed E-state index contributed by atoms with van der Waals surface area (Å²) in [6.07, 6.45) is 6.05. The molecule has 120 valence electrons. The van der Waals surface area contributed by atoms with E-state index in [9.17, 15) is 4.79 Å². The van der Waals surface area contributed by atoms with Crippen LogP contribution in [0.4, 0.5) is 10.5 Å². The lowest BCUT2D eigenvalue weighted by Gasteiger charge is -2.24. The third-order valence-corrected chi connectivity index (χ3v) is 3.93. The maximum atomic E-state index is 11.9. The third-order valence-electron chi connectivity index (χ3n) is 3.71. The first-order chi connectivity index (χ1) is 10.5. The van der Waals surface area contributed by atoms with Gasteiger partial charge >= 0.3 is 6.03 Å². The number of hydrazine groups is 1. The van der Waals surface area contributed by atoms with Gasteiger partial charge in [0.25, 0.3) is 0 Å². The van der Waals surface area contributed by atoms with E-state index < -0.39 is 0 Å². The van der Waals surface area contributed by atoms with Crippen LogP contribution in [0.2, 0.25) is 0 Å². The van der Waals surface area contributed by atoms with Crippen LogP contribution in [0.25, 0.3) is 0 Å². The number of rotatable bonds is 2. The van der Waals surface area contributed by atoms with Gasteiger partial charge in [-0.1, -0.05) is 25.3 Å². The number of aryl methyl sites for hydroxylation is 2. The Labute approximate surface area is 137 Å². The quantitative estimate of drug-likeness (QED) is 0.499. The number of thiocarbonyl (C=S) groups is 1. The molecule has 0 aromatic heterocycles. The molecule has 2 rings (SSSR count). The Morgan fingerprint density at radius 2 is 1.68 bits per heavy atom. The zero-order chi connectivity index (χ0) is 15.9. The van der Waals surface area contributed by atoms with Crippen LogP contribution >= 0.6 is 12.2 Å². The number of carbonyl (C=O) groups excluding carboxylic acids is 1. The van der Waals surface area contributed by atoms with Crippen LogP contribution in [0.3, 0.4) is 0 Å². The number of amides is 2. The smallest absolute Gasteiger partial charge is 0.337 e. The Bertz CT molecular complexity index is 521. The van der Waals surface area contributed by atoms with E-state index in [4.69, 9.17) is 12.2 Å². The molecular weight excluding hydrogens is 296 g/mol. The standard InChI is InChI=1S/C16H24N4OS/c1-11-8-12(2)10-14(9-11)17-15(21)19-20-16(22)18-13-6-4-3-5-7-13/h8-10,13H,3-7H2,1-2H3,(H2,17,19,21)(H2,18,20,22). The fraction of sp³-hybridized carbons (Fsp3) is 0.500. The van der Waals surface area contributed by atoms with E-state index in [0.717, 1.165) is 29.7 Å². The van der Waals surface area contributed by atoms with E-state index in [-0.39, 0.29) is 6.03 Å². The van der Waals surface area contributed by atoms with Crippen molar-refractivity contribution in [1.29, 1.82) is 0 Å². The molecule has 0 atom stereocenters. The summed E-state index contributed by atoms with van der Waals surface area (Å²) in [6, 6.07) is 5.98. The van der Waals surface area contributed by atoms with Crippen LogP contribution < -0.4 is 21.5 Å². The maximum absolute atomic E-state index is 11.9. The fourth-order valence-corrected chi connectivity index (χ4v) is 3.01. The molecule has 0 bridgehead atoms. The summed E-state index contributed by atoms with van der Waals surface area (Å²) in [6.45, 7) is 4.00. The molecule has 2 amide bonds. The molecule has 0 radical (unpaired) electrons. The molecule has 6 heteroatoms. The van der Waals surface area contributed by atoms with Crippen molar-refractivity contribution in [3.05, 3.63) is 29.3 Å². The van der Waals surface area contributed by atoms with E-state index in [1.165, 1.54) is 19.3 Å².